The van der Waals surface area contributed by atoms with Crippen molar-refractivity contribution in [3.63, 3.8) is 0 Å². The number of carbonyl (C=O) groups excluding carboxylic acids is 4. The zero-order chi connectivity index (χ0) is 32.8. The van der Waals surface area contributed by atoms with Gasteiger partial charge in [0.1, 0.15) is 11.2 Å². The standard InChI is InChI=1S/C32H41BrN4O7/c1-19(12-9-10-15-34-30(41)44-32(5,6)7)37-25-23(28(40)42-8)17-22(33)18-24(25)35-29(37)36-26(38)20-13-11-14-21(16-20)27(39)43-31(2,3)4/h11,13-14,16-19H,9-10,12,15H2,1-8H3,(H,34,41)(H,35,36,38)/t19-/m0/s1. The Kier molecular flexibility index (Phi) is 11.2. The molecule has 0 saturated heterocycles. The highest BCUT2D eigenvalue weighted by Crippen LogP contribution is 2.33. The number of unbranched alkanes of at least 4 members (excludes halogenated alkanes) is 1. The molecule has 0 aliphatic heterocycles. The van der Waals surface area contributed by atoms with E-state index < -0.39 is 35.1 Å². The minimum absolute atomic E-state index is 0.213. The van der Waals surface area contributed by atoms with E-state index in [-0.39, 0.29) is 28.7 Å². The van der Waals surface area contributed by atoms with Crippen LogP contribution in [0.15, 0.2) is 40.9 Å². The number of esters is 2. The number of benzene rings is 2. The lowest BCUT2D eigenvalue weighted by molar-refractivity contribution is 0.00689. The monoisotopic (exact) mass is 672 g/mol. The van der Waals surface area contributed by atoms with Crippen molar-refractivity contribution in [3.05, 3.63) is 57.6 Å². The topological polar surface area (TPSA) is 138 Å². The van der Waals surface area contributed by atoms with Crippen LogP contribution in [0.2, 0.25) is 0 Å². The molecule has 1 atom stereocenters. The summed E-state index contributed by atoms with van der Waals surface area (Å²) in [5.41, 5.74) is 0.496. The summed E-state index contributed by atoms with van der Waals surface area (Å²) in [6, 6.07) is 9.45. The number of rotatable bonds is 10. The summed E-state index contributed by atoms with van der Waals surface area (Å²) in [5, 5.41) is 5.63. The second-order valence-corrected chi connectivity index (χ2v) is 13.3. The fourth-order valence-electron chi connectivity index (χ4n) is 4.48. The van der Waals surface area contributed by atoms with Gasteiger partial charge in [-0.2, -0.15) is 0 Å². The SMILES string of the molecule is COC(=O)c1cc(Br)cc2nc(NC(=O)c3cccc(C(=O)OC(C)(C)C)c3)n([C@@H](C)CCCCNC(=O)OC(C)(C)C)c12. The molecular formula is C32H41BrN4O7. The number of imidazole rings is 1. The summed E-state index contributed by atoms with van der Waals surface area (Å²) in [4.78, 5) is 55.5. The van der Waals surface area contributed by atoms with Crippen LogP contribution in [-0.4, -0.2) is 58.3 Å². The van der Waals surface area contributed by atoms with Gasteiger partial charge in [-0.3, -0.25) is 10.1 Å². The molecule has 0 unspecified atom stereocenters. The number of hydrogen-bond acceptors (Lipinski definition) is 8. The van der Waals surface area contributed by atoms with E-state index in [1.54, 1.807) is 71.9 Å². The van der Waals surface area contributed by atoms with E-state index >= 15 is 0 Å². The van der Waals surface area contributed by atoms with Gasteiger partial charge in [0.25, 0.3) is 5.91 Å². The van der Waals surface area contributed by atoms with Crippen molar-refractivity contribution >= 4 is 56.9 Å². The van der Waals surface area contributed by atoms with Crippen molar-refractivity contribution in [1.29, 1.82) is 0 Å². The van der Waals surface area contributed by atoms with Crippen molar-refractivity contribution in [3.8, 4) is 0 Å². The fourth-order valence-corrected chi connectivity index (χ4v) is 4.92. The number of alkyl carbamates (subject to hydrolysis) is 1. The average Bonchev–Trinajstić information content (AvgIpc) is 3.27. The van der Waals surface area contributed by atoms with E-state index in [9.17, 15) is 19.2 Å². The highest BCUT2D eigenvalue weighted by Gasteiger charge is 2.25. The van der Waals surface area contributed by atoms with E-state index in [1.165, 1.54) is 13.2 Å². The molecule has 1 aromatic heterocycles. The zero-order valence-corrected chi connectivity index (χ0v) is 28.1. The predicted octanol–water partition coefficient (Wildman–Crippen LogP) is 7.05. The Morgan fingerprint density at radius 2 is 1.59 bits per heavy atom. The molecule has 0 bridgehead atoms. The van der Waals surface area contributed by atoms with Gasteiger partial charge in [0, 0.05) is 22.6 Å². The molecule has 2 amide bonds. The van der Waals surface area contributed by atoms with Crippen molar-refractivity contribution < 1.29 is 33.4 Å². The Morgan fingerprint density at radius 1 is 0.932 bits per heavy atom. The summed E-state index contributed by atoms with van der Waals surface area (Å²) in [6.45, 7) is 13.1. The highest BCUT2D eigenvalue weighted by molar-refractivity contribution is 9.10. The van der Waals surface area contributed by atoms with Crippen LogP contribution in [0.1, 0.15) is 105 Å². The van der Waals surface area contributed by atoms with Crippen LogP contribution in [0.4, 0.5) is 10.7 Å². The van der Waals surface area contributed by atoms with Crippen LogP contribution in [0.5, 0.6) is 0 Å². The van der Waals surface area contributed by atoms with Crippen molar-refractivity contribution in [1.82, 2.24) is 14.9 Å². The maximum Gasteiger partial charge on any atom is 0.407 e. The molecule has 0 spiro atoms. The number of amides is 2. The van der Waals surface area contributed by atoms with Crippen LogP contribution in [-0.2, 0) is 14.2 Å². The van der Waals surface area contributed by atoms with Crippen molar-refractivity contribution in [2.24, 2.45) is 0 Å². The second kappa shape index (κ2) is 14.2. The normalized spacial score (nSPS) is 12.4. The predicted molar refractivity (Wildman–Crippen MR) is 171 cm³/mol. The minimum Gasteiger partial charge on any atom is -0.465 e. The molecule has 1 heterocycles. The summed E-state index contributed by atoms with van der Waals surface area (Å²) >= 11 is 3.44. The van der Waals surface area contributed by atoms with Gasteiger partial charge >= 0.3 is 18.0 Å². The molecule has 0 saturated carbocycles. The number of hydrogen-bond donors (Lipinski definition) is 2. The third-order valence-corrected chi connectivity index (χ3v) is 6.76. The van der Waals surface area contributed by atoms with Gasteiger partial charge in [0.15, 0.2) is 0 Å². The van der Waals surface area contributed by atoms with Gasteiger partial charge in [-0.05, 0) is 98.1 Å². The maximum atomic E-state index is 13.5. The molecular weight excluding hydrogens is 632 g/mol. The number of aromatic nitrogens is 2. The molecule has 0 fully saturated rings. The molecule has 12 heteroatoms. The fraction of sp³-hybridized carbons (Fsp3) is 0.469. The summed E-state index contributed by atoms with van der Waals surface area (Å²) in [5.74, 6) is -1.34. The third-order valence-electron chi connectivity index (χ3n) is 6.30. The summed E-state index contributed by atoms with van der Waals surface area (Å²) in [6.07, 6.45) is 1.59. The number of anilines is 1. The molecule has 0 radical (unpaired) electrons. The van der Waals surface area contributed by atoms with Crippen LogP contribution in [0.25, 0.3) is 11.0 Å². The van der Waals surface area contributed by atoms with E-state index in [0.717, 1.165) is 6.42 Å². The van der Waals surface area contributed by atoms with Gasteiger partial charge < -0.3 is 24.1 Å². The van der Waals surface area contributed by atoms with Crippen LogP contribution < -0.4 is 10.6 Å². The highest BCUT2D eigenvalue weighted by atomic mass is 79.9. The Morgan fingerprint density at radius 3 is 2.23 bits per heavy atom. The number of ether oxygens (including phenoxy) is 3. The molecule has 2 N–H and O–H groups in total. The first-order chi connectivity index (χ1) is 20.5. The molecule has 3 aromatic rings. The van der Waals surface area contributed by atoms with E-state index in [0.29, 0.717) is 34.9 Å². The van der Waals surface area contributed by atoms with Crippen LogP contribution in [0, 0.1) is 0 Å². The number of carbonyl (C=O) groups is 4. The lowest BCUT2D eigenvalue weighted by Gasteiger charge is -2.20. The van der Waals surface area contributed by atoms with E-state index in [2.05, 4.69) is 31.5 Å². The largest absolute Gasteiger partial charge is 0.465 e. The molecule has 44 heavy (non-hydrogen) atoms. The molecule has 0 aliphatic carbocycles. The Labute approximate surface area is 266 Å². The van der Waals surface area contributed by atoms with E-state index in [4.69, 9.17) is 14.2 Å². The quantitative estimate of drug-likeness (QED) is 0.133. The Bertz CT molecular complexity index is 1540. The Hall–Kier alpha value is -3.93. The van der Waals surface area contributed by atoms with Gasteiger partial charge in [-0.1, -0.05) is 22.0 Å². The number of fused-ring (bicyclic) bond motifs is 1. The first-order valence-electron chi connectivity index (χ1n) is 14.4. The Balaban J connectivity index is 1.89. The molecule has 0 aliphatic rings. The maximum absolute atomic E-state index is 13.5. The number of nitrogens with one attached hydrogen (secondary N) is 2. The van der Waals surface area contributed by atoms with Crippen LogP contribution in [0.3, 0.4) is 0 Å². The molecule has 2 aromatic carbocycles. The van der Waals surface area contributed by atoms with Crippen molar-refractivity contribution in [2.75, 3.05) is 19.0 Å². The lowest BCUT2D eigenvalue weighted by atomic mass is 10.1. The first kappa shape index (κ1) is 34.6. The van der Waals surface area contributed by atoms with E-state index in [1.807, 2.05) is 11.5 Å². The lowest BCUT2D eigenvalue weighted by Crippen LogP contribution is -2.33. The zero-order valence-electron chi connectivity index (χ0n) is 26.5. The van der Waals surface area contributed by atoms with Crippen molar-refractivity contribution in [2.45, 2.75) is 85.0 Å². The molecule has 11 nitrogen and oxygen atoms in total. The number of halogens is 1. The molecule has 3 rings (SSSR count). The summed E-state index contributed by atoms with van der Waals surface area (Å²) in [7, 11) is 1.30. The second-order valence-electron chi connectivity index (χ2n) is 12.4. The van der Waals surface area contributed by atoms with Gasteiger partial charge in [-0.15, -0.1) is 0 Å². The van der Waals surface area contributed by atoms with Gasteiger partial charge in [-0.25, -0.2) is 19.4 Å². The van der Waals surface area contributed by atoms with Crippen LogP contribution >= 0.6 is 15.9 Å². The number of nitrogens with zero attached hydrogens (tertiary/aromatic N) is 2. The number of methoxy groups -OCH3 is 1. The first-order valence-corrected chi connectivity index (χ1v) is 15.2. The third kappa shape index (κ3) is 9.54. The van der Waals surface area contributed by atoms with Gasteiger partial charge in [0.2, 0.25) is 5.95 Å². The van der Waals surface area contributed by atoms with Gasteiger partial charge in [0.05, 0.1) is 29.3 Å². The summed E-state index contributed by atoms with van der Waals surface area (Å²) < 4.78 is 18.2. The minimum atomic E-state index is -0.687. The smallest absolute Gasteiger partial charge is 0.407 e. The average molecular weight is 674 g/mol. The molecule has 238 valence electrons.